The molecular formula is C14H23N3O2. The molecule has 1 aliphatic heterocycles. The van der Waals surface area contributed by atoms with E-state index in [1.54, 1.807) is 6.33 Å². The Morgan fingerprint density at radius 2 is 2.32 bits per heavy atom. The van der Waals surface area contributed by atoms with Gasteiger partial charge in [-0.2, -0.15) is 0 Å². The van der Waals surface area contributed by atoms with Crippen molar-refractivity contribution < 1.29 is 9.53 Å². The highest BCUT2D eigenvalue weighted by Gasteiger charge is 2.36. The van der Waals surface area contributed by atoms with Crippen LogP contribution in [0, 0.1) is 5.92 Å². The number of imidazole rings is 1. The van der Waals surface area contributed by atoms with Gasteiger partial charge in [-0.3, -0.25) is 0 Å². The Morgan fingerprint density at radius 1 is 1.58 bits per heavy atom. The zero-order chi connectivity index (χ0) is 14.0. The van der Waals surface area contributed by atoms with Crippen molar-refractivity contribution in [3.63, 3.8) is 0 Å². The van der Waals surface area contributed by atoms with E-state index < -0.39 is 0 Å². The van der Waals surface area contributed by atoms with Crippen molar-refractivity contribution in [2.75, 3.05) is 20.2 Å². The molecule has 1 aliphatic rings. The highest BCUT2D eigenvalue weighted by atomic mass is 16.5. The summed E-state index contributed by atoms with van der Waals surface area (Å²) >= 11 is 0. The van der Waals surface area contributed by atoms with Crippen LogP contribution >= 0.6 is 0 Å². The molecule has 0 spiro atoms. The number of ether oxygens (including phenoxy) is 1. The SMILES string of the molecule is COC(=O)C(C(C)C)n1cncc1C1(C)CCNC1. The summed E-state index contributed by atoms with van der Waals surface area (Å²) < 4.78 is 6.93. The fourth-order valence-electron chi connectivity index (χ4n) is 2.86. The first-order valence-electron chi connectivity index (χ1n) is 6.80. The van der Waals surface area contributed by atoms with E-state index >= 15 is 0 Å². The van der Waals surface area contributed by atoms with Crippen molar-refractivity contribution in [3.8, 4) is 0 Å². The van der Waals surface area contributed by atoms with E-state index in [0.717, 1.165) is 25.2 Å². The number of hydrogen-bond acceptors (Lipinski definition) is 4. The van der Waals surface area contributed by atoms with Gasteiger partial charge in [0.1, 0.15) is 6.04 Å². The normalized spacial score (nSPS) is 24.7. The molecule has 1 saturated heterocycles. The Kier molecular flexibility index (Phi) is 3.94. The lowest BCUT2D eigenvalue weighted by Gasteiger charge is -2.29. The van der Waals surface area contributed by atoms with Crippen LogP contribution in [0.15, 0.2) is 12.5 Å². The lowest BCUT2D eigenvalue weighted by atomic mass is 9.85. The van der Waals surface area contributed by atoms with Crippen LogP contribution in [0.25, 0.3) is 0 Å². The monoisotopic (exact) mass is 265 g/mol. The second-order valence-electron chi connectivity index (χ2n) is 5.89. The Hall–Kier alpha value is -1.36. The lowest BCUT2D eigenvalue weighted by molar-refractivity contribution is -0.146. The number of nitrogens with zero attached hydrogens (tertiary/aromatic N) is 2. The average Bonchev–Trinajstić information content (AvgIpc) is 2.98. The Morgan fingerprint density at radius 3 is 2.84 bits per heavy atom. The fraction of sp³-hybridized carbons (Fsp3) is 0.714. The van der Waals surface area contributed by atoms with Crippen LogP contribution in [0.1, 0.15) is 38.9 Å². The van der Waals surface area contributed by atoms with Gasteiger partial charge >= 0.3 is 5.97 Å². The van der Waals surface area contributed by atoms with E-state index in [2.05, 4.69) is 17.2 Å². The van der Waals surface area contributed by atoms with Gasteiger partial charge in [0.25, 0.3) is 0 Å². The van der Waals surface area contributed by atoms with Crippen molar-refractivity contribution in [1.82, 2.24) is 14.9 Å². The van der Waals surface area contributed by atoms with Crippen molar-refractivity contribution >= 4 is 5.97 Å². The van der Waals surface area contributed by atoms with Gasteiger partial charge in [-0.1, -0.05) is 20.8 Å². The van der Waals surface area contributed by atoms with Gasteiger partial charge in [0, 0.05) is 23.9 Å². The second-order valence-corrected chi connectivity index (χ2v) is 5.89. The number of aromatic nitrogens is 2. The molecule has 5 heteroatoms. The summed E-state index contributed by atoms with van der Waals surface area (Å²) in [7, 11) is 1.44. The van der Waals surface area contributed by atoms with E-state index in [0.29, 0.717) is 0 Å². The van der Waals surface area contributed by atoms with Crippen LogP contribution in [0.3, 0.4) is 0 Å². The number of methoxy groups -OCH3 is 1. The number of carbonyl (C=O) groups excluding carboxylic acids is 1. The van der Waals surface area contributed by atoms with Gasteiger partial charge in [0.15, 0.2) is 0 Å². The summed E-state index contributed by atoms with van der Waals surface area (Å²) in [5.41, 5.74) is 1.15. The highest BCUT2D eigenvalue weighted by Crippen LogP contribution is 2.33. The molecule has 1 fully saturated rings. The Balaban J connectivity index is 2.39. The number of esters is 1. The van der Waals surface area contributed by atoms with Crippen molar-refractivity contribution in [2.24, 2.45) is 5.92 Å². The van der Waals surface area contributed by atoms with Gasteiger partial charge in [0.05, 0.1) is 13.4 Å². The Labute approximate surface area is 114 Å². The molecular weight excluding hydrogens is 242 g/mol. The minimum Gasteiger partial charge on any atom is -0.467 e. The van der Waals surface area contributed by atoms with Crippen molar-refractivity contribution in [1.29, 1.82) is 0 Å². The van der Waals surface area contributed by atoms with Crippen LogP contribution in [0.2, 0.25) is 0 Å². The van der Waals surface area contributed by atoms with E-state index in [4.69, 9.17) is 4.74 Å². The highest BCUT2D eigenvalue weighted by molar-refractivity contribution is 5.74. The van der Waals surface area contributed by atoms with Crippen LogP contribution in [0.4, 0.5) is 0 Å². The zero-order valence-corrected chi connectivity index (χ0v) is 12.1. The van der Waals surface area contributed by atoms with Crippen LogP contribution in [0.5, 0.6) is 0 Å². The van der Waals surface area contributed by atoms with Gasteiger partial charge in [-0.05, 0) is 18.9 Å². The smallest absolute Gasteiger partial charge is 0.329 e. The third-order valence-corrected chi connectivity index (χ3v) is 4.03. The molecule has 1 aromatic rings. The minimum absolute atomic E-state index is 0.0393. The number of hydrogen-bond donors (Lipinski definition) is 1. The van der Waals surface area contributed by atoms with Crippen LogP contribution < -0.4 is 5.32 Å². The molecule has 0 amide bonds. The maximum absolute atomic E-state index is 12.0. The van der Waals surface area contributed by atoms with Crippen LogP contribution in [-0.2, 0) is 14.9 Å². The maximum Gasteiger partial charge on any atom is 0.329 e. The molecule has 2 heterocycles. The van der Waals surface area contributed by atoms with E-state index in [9.17, 15) is 4.79 Å². The molecule has 19 heavy (non-hydrogen) atoms. The van der Waals surface area contributed by atoms with E-state index in [-0.39, 0.29) is 23.3 Å². The predicted octanol–water partition coefficient (Wildman–Crippen LogP) is 1.50. The first kappa shape index (κ1) is 14.1. The van der Waals surface area contributed by atoms with Crippen molar-refractivity contribution in [2.45, 2.75) is 38.6 Å². The number of nitrogens with one attached hydrogen (secondary N) is 1. The van der Waals surface area contributed by atoms with Gasteiger partial charge in [0.2, 0.25) is 0 Å². The molecule has 1 aromatic heterocycles. The third-order valence-electron chi connectivity index (χ3n) is 4.03. The summed E-state index contributed by atoms with van der Waals surface area (Å²) in [6.07, 6.45) is 4.69. The van der Waals surface area contributed by atoms with E-state index in [1.165, 1.54) is 7.11 Å². The molecule has 0 aliphatic carbocycles. The largest absolute Gasteiger partial charge is 0.467 e. The first-order chi connectivity index (χ1) is 8.99. The molecule has 0 bridgehead atoms. The fourth-order valence-corrected chi connectivity index (χ4v) is 2.86. The zero-order valence-electron chi connectivity index (χ0n) is 12.1. The molecule has 5 nitrogen and oxygen atoms in total. The first-order valence-corrected chi connectivity index (χ1v) is 6.80. The number of rotatable bonds is 4. The average molecular weight is 265 g/mol. The standard InChI is InChI=1S/C14H23N3O2/c1-10(2)12(13(18)19-4)17-9-16-7-11(17)14(3)5-6-15-8-14/h7,9-10,12,15H,5-6,8H2,1-4H3. The predicted molar refractivity (Wildman–Crippen MR) is 73.0 cm³/mol. The summed E-state index contributed by atoms with van der Waals surface area (Å²) in [6, 6.07) is -0.306. The van der Waals surface area contributed by atoms with Crippen molar-refractivity contribution in [3.05, 3.63) is 18.2 Å². The van der Waals surface area contributed by atoms with Gasteiger partial charge < -0.3 is 14.6 Å². The summed E-state index contributed by atoms with van der Waals surface area (Å²) in [6.45, 7) is 8.20. The third kappa shape index (κ3) is 2.52. The lowest BCUT2D eigenvalue weighted by Crippen LogP contribution is -2.33. The number of carbonyl (C=O) groups is 1. The second kappa shape index (κ2) is 5.33. The minimum atomic E-state index is -0.306. The quantitative estimate of drug-likeness (QED) is 0.838. The topological polar surface area (TPSA) is 56.2 Å². The molecule has 2 unspecified atom stereocenters. The summed E-state index contributed by atoms with van der Waals surface area (Å²) in [4.78, 5) is 16.3. The van der Waals surface area contributed by atoms with Gasteiger partial charge in [-0.25, -0.2) is 9.78 Å². The molecule has 1 N–H and O–H groups in total. The molecule has 0 radical (unpaired) electrons. The van der Waals surface area contributed by atoms with Gasteiger partial charge in [-0.15, -0.1) is 0 Å². The molecule has 0 saturated carbocycles. The maximum atomic E-state index is 12.0. The van der Waals surface area contributed by atoms with Crippen LogP contribution in [-0.4, -0.2) is 35.7 Å². The Bertz CT molecular complexity index is 447. The molecule has 2 atom stereocenters. The molecule has 0 aromatic carbocycles. The molecule has 2 rings (SSSR count). The summed E-state index contributed by atoms with van der Waals surface area (Å²) in [5, 5.41) is 3.38. The summed E-state index contributed by atoms with van der Waals surface area (Å²) in [5.74, 6) is -0.0397. The molecule has 106 valence electrons. The van der Waals surface area contributed by atoms with E-state index in [1.807, 2.05) is 24.6 Å².